The Labute approximate surface area is 122 Å². The molecule has 0 aromatic carbocycles. The third-order valence-corrected chi connectivity index (χ3v) is 3.66. The van der Waals surface area contributed by atoms with Gasteiger partial charge in [0.25, 0.3) is 5.91 Å². The van der Waals surface area contributed by atoms with Crippen molar-refractivity contribution < 1.29 is 14.3 Å². The molecule has 1 saturated heterocycles. The minimum Gasteiger partial charge on any atom is -0.466 e. The molecule has 0 N–H and O–H groups in total. The maximum Gasteiger partial charge on any atom is 0.310 e. The number of ether oxygens (including phenoxy) is 1. The summed E-state index contributed by atoms with van der Waals surface area (Å²) in [6.07, 6.45) is 4.53. The normalized spacial score (nSPS) is 18.7. The lowest BCUT2D eigenvalue weighted by molar-refractivity contribution is -0.149. The lowest BCUT2D eigenvalue weighted by atomic mass is 9.97. The molecule has 1 atom stereocenters. The van der Waals surface area contributed by atoms with Crippen LogP contribution in [0.2, 0.25) is 5.02 Å². The van der Waals surface area contributed by atoms with Gasteiger partial charge in [0, 0.05) is 25.5 Å². The topological polar surface area (TPSA) is 59.5 Å². The summed E-state index contributed by atoms with van der Waals surface area (Å²) < 4.78 is 5.02. The van der Waals surface area contributed by atoms with E-state index in [4.69, 9.17) is 16.3 Å². The van der Waals surface area contributed by atoms with Gasteiger partial charge in [-0.3, -0.25) is 14.6 Å². The zero-order chi connectivity index (χ0) is 14.5. The van der Waals surface area contributed by atoms with E-state index >= 15 is 0 Å². The molecule has 2 rings (SSSR count). The van der Waals surface area contributed by atoms with Gasteiger partial charge in [-0.2, -0.15) is 0 Å². The second-order valence-electron chi connectivity index (χ2n) is 4.70. The molecular weight excluding hydrogens is 280 g/mol. The van der Waals surface area contributed by atoms with Crippen LogP contribution in [0.3, 0.4) is 0 Å². The molecule has 0 aliphatic carbocycles. The van der Waals surface area contributed by atoms with Gasteiger partial charge in [0.1, 0.15) is 0 Å². The van der Waals surface area contributed by atoms with Gasteiger partial charge in [-0.05, 0) is 25.8 Å². The molecule has 1 aliphatic rings. The Hall–Kier alpha value is -1.62. The van der Waals surface area contributed by atoms with Crippen molar-refractivity contribution in [2.45, 2.75) is 19.8 Å². The van der Waals surface area contributed by atoms with Crippen LogP contribution >= 0.6 is 11.6 Å². The van der Waals surface area contributed by atoms with Gasteiger partial charge in [-0.15, -0.1) is 0 Å². The van der Waals surface area contributed by atoms with E-state index in [2.05, 4.69) is 4.98 Å². The molecule has 5 nitrogen and oxygen atoms in total. The Balaban J connectivity index is 2.07. The summed E-state index contributed by atoms with van der Waals surface area (Å²) in [5.41, 5.74) is 0.374. The number of rotatable bonds is 3. The summed E-state index contributed by atoms with van der Waals surface area (Å²) >= 11 is 6.01. The third-order valence-electron chi connectivity index (χ3n) is 3.33. The van der Waals surface area contributed by atoms with E-state index in [-0.39, 0.29) is 17.8 Å². The smallest absolute Gasteiger partial charge is 0.310 e. The maximum absolute atomic E-state index is 12.4. The molecule has 1 fully saturated rings. The van der Waals surface area contributed by atoms with E-state index < -0.39 is 0 Å². The van der Waals surface area contributed by atoms with E-state index in [1.165, 1.54) is 12.4 Å². The first-order chi connectivity index (χ1) is 9.63. The van der Waals surface area contributed by atoms with Gasteiger partial charge in [-0.25, -0.2) is 0 Å². The third kappa shape index (κ3) is 3.28. The fourth-order valence-electron chi connectivity index (χ4n) is 2.32. The van der Waals surface area contributed by atoms with E-state index in [0.717, 1.165) is 12.8 Å². The van der Waals surface area contributed by atoms with Gasteiger partial charge >= 0.3 is 5.97 Å². The van der Waals surface area contributed by atoms with Gasteiger partial charge in [0.05, 0.1) is 23.1 Å². The van der Waals surface area contributed by atoms with Gasteiger partial charge in [-0.1, -0.05) is 11.6 Å². The predicted octanol–water partition coefficient (Wildman–Crippen LogP) is 2.15. The molecule has 0 bridgehead atoms. The van der Waals surface area contributed by atoms with Crippen LogP contribution < -0.4 is 0 Å². The van der Waals surface area contributed by atoms with Gasteiger partial charge in [0.15, 0.2) is 0 Å². The van der Waals surface area contributed by atoms with Gasteiger partial charge < -0.3 is 9.64 Å². The van der Waals surface area contributed by atoms with Crippen LogP contribution in [-0.4, -0.2) is 41.5 Å². The number of piperidine rings is 1. The van der Waals surface area contributed by atoms with Crippen molar-refractivity contribution in [1.29, 1.82) is 0 Å². The van der Waals surface area contributed by atoms with E-state index in [9.17, 15) is 9.59 Å². The number of carbonyl (C=O) groups is 2. The molecule has 0 saturated carbocycles. The largest absolute Gasteiger partial charge is 0.466 e. The van der Waals surface area contributed by atoms with Crippen LogP contribution in [0.15, 0.2) is 18.5 Å². The van der Waals surface area contributed by atoms with E-state index in [1.807, 2.05) is 0 Å². The van der Waals surface area contributed by atoms with Crippen molar-refractivity contribution in [3.63, 3.8) is 0 Å². The van der Waals surface area contributed by atoms with Crippen molar-refractivity contribution in [3.05, 3.63) is 29.0 Å². The Morgan fingerprint density at radius 2 is 2.35 bits per heavy atom. The lowest BCUT2D eigenvalue weighted by Gasteiger charge is -2.31. The Morgan fingerprint density at radius 3 is 3.05 bits per heavy atom. The summed E-state index contributed by atoms with van der Waals surface area (Å²) in [6, 6.07) is 1.58. The van der Waals surface area contributed by atoms with E-state index in [0.29, 0.717) is 30.3 Å². The molecule has 0 spiro atoms. The number of carbonyl (C=O) groups excluding carboxylic acids is 2. The molecule has 108 valence electrons. The highest BCUT2D eigenvalue weighted by Crippen LogP contribution is 2.22. The summed E-state index contributed by atoms with van der Waals surface area (Å²) in [6.45, 7) is 3.14. The average molecular weight is 297 g/mol. The number of esters is 1. The Bertz CT molecular complexity index is 507. The van der Waals surface area contributed by atoms with Crippen LogP contribution in [-0.2, 0) is 9.53 Å². The highest BCUT2D eigenvalue weighted by molar-refractivity contribution is 6.33. The molecule has 1 aliphatic heterocycles. The SMILES string of the molecule is CCOC(=O)C1CCCN(C(=O)c2cnccc2Cl)C1. The standard InChI is InChI=1S/C14H17ClN2O3/c1-2-20-14(19)10-4-3-7-17(9-10)13(18)11-8-16-6-5-12(11)15/h5-6,8,10H,2-4,7,9H2,1H3. The minimum absolute atomic E-state index is 0.183. The molecule has 6 heteroatoms. The van der Waals surface area contributed by atoms with Crippen LogP contribution in [0, 0.1) is 5.92 Å². The van der Waals surface area contributed by atoms with Crippen molar-refractivity contribution >= 4 is 23.5 Å². The van der Waals surface area contributed by atoms with Crippen molar-refractivity contribution in [2.75, 3.05) is 19.7 Å². The molecule has 2 heterocycles. The maximum atomic E-state index is 12.4. The second-order valence-corrected chi connectivity index (χ2v) is 5.11. The molecule has 1 aromatic rings. The van der Waals surface area contributed by atoms with E-state index in [1.54, 1.807) is 17.9 Å². The fraction of sp³-hybridized carbons (Fsp3) is 0.500. The number of halogens is 1. The molecular formula is C14H17ClN2O3. The summed E-state index contributed by atoms with van der Waals surface area (Å²) in [4.78, 5) is 29.7. The summed E-state index contributed by atoms with van der Waals surface area (Å²) in [5.74, 6) is -0.664. The Kier molecular flexibility index (Phi) is 4.95. The van der Waals surface area contributed by atoms with Crippen molar-refractivity contribution in [1.82, 2.24) is 9.88 Å². The van der Waals surface area contributed by atoms with Crippen LogP contribution in [0.4, 0.5) is 0 Å². The molecule has 1 aromatic heterocycles. The number of amides is 1. The first-order valence-corrected chi connectivity index (χ1v) is 7.06. The first-order valence-electron chi connectivity index (χ1n) is 6.69. The van der Waals surface area contributed by atoms with Crippen molar-refractivity contribution in [2.24, 2.45) is 5.92 Å². The number of hydrogen-bond donors (Lipinski definition) is 0. The lowest BCUT2D eigenvalue weighted by Crippen LogP contribution is -2.42. The average Bonchev–Trinajstić information content (AvgIpc) is 2.47. The van der Waals surface area contributed by atoms with Crippen LogP contribution in [0.1, 0.15) is 30.1 Å². The monoisotopic (exact) mass is 296 g/mol. The predicted molar refractivity (Wildman–Crippen MR) is 74.5 cm³/mol. The van der Waals surface area contributed by atoms with Crippen LogP contribution in [0.5, 0.6) is 0 Å². The first kappa shape index (κ1) is 14.8. The number of pyridine rings is 1. The zero-order valence-corrected chi connectivity index (χ0v) is 12.1. The number of likely N-dealkylation sites (tertiary alicyclic amines) is 1. The highest BCUT2D eigenvalue weighted by atomic mass is 35.5. The summed E-state index contributed by atoms with van der Waals surface area (Å²) in [5, 5.41) is 0.378. The van der Waals surface area contributed by atoms with Gasteiger partial charge in [0.2, 0.25) is 0 Å². The number of nitrogens with zero attached hydrogens (tertiary/aromatic N) is 2. The van der Waals surface area contributed by atoms with Crippen molar-refractivity contribution in [3.8, 4) is 0 Å². The highest BCUT2D eigenvalue weighted by Gasteiger charge is 2.30. The number of aromatic nitrogens is 1. The molecule has 1 unspecified atom stereocenters. The zero-order valence-electron chi connectivity index (χ0n) is 11.3. The number of hydrogen-bond acceptors (Lipinski definition) is 4. The Morgan fingerprint density at radius 1 is 1.55 bits per heavy atom. The second kappa shape index (κ2) is 6.70. The summed E-state index contributed by atoms with van der Waals surface area (Å²) in [7, 11) is 0. The van der Waals surface area contributed by atoms with Crippen LogP contribution in [0.25, 0.3) is 0 Å². The molecule has 1 amide bonds. The molecule has 20 heavy (non-hydrogen) atoms. The molecule has 0 radical (unpaired) electrons. The minimum atomic E-state index is -0.247. The quantitative estimate of drug-likeness (QED) is 0.802. The fourth-order valence-corrected chi connectivity index (χ4v) is 2.51.